The highest BCUT2D eigenvalue weighted by atomic mass is 35.5. The lowest BCUT2D eigenvalue weighted by molar-refractivity contribution is -0.283. The molecule has 1 aliphatic carbocycles. The second kappa shape index (κ2) is 10.1. The van der Waals surface area contributed by atoms with Gasteiger partial charge in [0.25, 0.3) is 5.91 Å². The number of amides is 2. The van der Waals surface area contributed by atoms with Crippen LogP contribution in [0.5, 0.6) is 0 Å². The third-order valence-corrected chi connectivity index (χ3v) is 6.90. The van der Waals surface area contributed by atoms with Crippen molar-refractivity contribution in [3.8, 4) is 0 Å². The van der Waals surface area contributed by atoms with Gasteiger partial charge in [0.15, 0.2) is 0 Å². The molecule has 190 valence electrons. The molecule has 0 spiro atoms. The SMILES string of the molecule is O=C(NCCC(F)(F)C(F)(F)F)c1cc(NC(=O)C2C(c3cc(Cl)cc(Cl)c3)C2(Cl)Cl)ccc1Cl. The smallest absolute Gasteiger partial charge is 0.352 e. The molecule has 2 atom stereocenters. The van der Waals surface area contributed by atoms with Crippen molar-refractivity contribution < 1.29 is 31.5 Å². The summed E-state index contributed by atoms with van der Waals surface area (Å²) in [5.74, 6) is -8.12. The molecule has 0 heterocycles. The average Bonchev–Trinajstić information content (AvgIpc) is 3.29. The van der Waals surface area contributed by atoms with E-state index in [1.807, 2.05) is 5.32 Å². The van der Waals surface area contributed by atoms with Crippen molar-refractivity contribution in [2.45, 2.75) is 28.8 Å². The lowest BCUT2D eigenvalue weighted by Crippen LogP contribution is -2.40. The molecule has 2 aromatic rings. The fourth-order valence-corrected chi connectivity index (χ4v) is 4.96. The molecule has 4 nitrogen and oxygen atoms in total. The van der Waals surface area contributed by atoms with Crippen LogP contribution in [0.1, 0.15) is 28.3 Å². The fraction of sp³-hybridized carbons (Fsp3) is 0.333. The Hall–Kier alpha value is -1.52. The Morgan fingerprint density at radius 1 is 0.943 bits per heavy atom. The van der Waals surface area contributed by atoms with Gasteiger partial charge >= 0.3 is 12.1 Å². The number of hydrogen-bond donors (Lipinski definition) is 2. The first kappa shape index (κ1) is 28.1. The highest BCUT2D eigenvalue weighted by Crippen LogP contribution is 2.65. The van der Waals surface area contributed by atoms with Crippen molar-refractivity contribution in [2.75, 3.05) is 11.9 Å². The van der Waals surface area contributed by atoms with Gasteiger partial charge in [0.2, 0.25) is 5.91 Å². The third-order valence-electron chi connectivity index (χ3n) is 5.20. The molecule has 2 amide bonds. The summed E-state index contributed by atoms with van der Waals surface area (Å²) < 4.78 is 61.4. The molecule has 1 fully saturated rings. The van der Waals surface area contributed by atoms with Crippen LogP contribution in [0, 0.1) is 5.92 Å². The molecule has 2 unspecified atom stereocenters. The normalized spacial score (nSPS) is 19.3. The Morgan fingerprint density at radius 3 is 2.11 bits per heavy atom. The van der Waals surface area contributed by atoms with Gasteiger partial charge < -0.3 is 10.6 Å². The van der Waals surface area contributed by atoms with Gasteiger partial charge in [0.05, 0.1) is 16.5 Å². The van der Waals surface area contributed by atoms with Crippen LogP contribution in [0.25, 0.3) is 0 Å². The molecule has 0 bridgehead atoms. The summed E-state index contributed by atoms with van der Waals surface area (Å²) in [6.07, 6.45) is -7.39. The van der Waals surface area contributed by atoms with Crippen LogP contribution in [0.4, 0.5) is 27.6 Å². The molecule has 3 rings (SSSR count). The van der Waals surface area contributed by atoms with Crippen LogP contribution >= 0.6 is 58.0 Å². The number of nitrogens with one attached hydrogen (secondary N) is 2. The predicted molar refractivity (Wildman–Crippen MR) is 125 cm³/mol. The summed E-state index contributed by atoms with van der Waals surface area (Å²) in [6.45, 7) is -0.967. The Labute approximate surface area is 221 Å². The Balaban J connectivity index is 1.68. The molecule has 2 aromatic carbocycles. The second-order valence-corrected chi connectivity index (χ2v) is 10.4. The highest BCUT2D eigenvalue weighted by molar-refractivity contribution is 6.53. The lowest BCUT2D eigenvalue weighted by Gasteiger charge is -2.19. The number of rotatable bonds is 7. The van der Waals surface area contributed by atoms with Crippen LogP contribution in [-0.2, 0) is 4.79 Å². The van der Waals surface area contributed by atoms with Crippen LogP contribution in [0.2, 0.25) is 15.1 Å². The van der Waals surface area contributed by atoms with E-state index in [2.05, 4.69) is 5.32 Å². The first-order valence-corrected chi connectivity index (χ1v) is 11.6. The number of halogens is 10. The molecule has 0 aliphatic heterocycles. The van der Waals surface area contributed by atoms with E-state index in [0.29, 0.717) is 15.6 Å². The zero-order chi connectivity index (χ0) is 26.3. The van der Waals surface area contributed by atoms with Gasteiger partial charge in [-0.2, -0.15) is 22.0 Å². The van der Waals surface area contributed by atoms with Crippen molar-refractivity contribution in [2.24, 2.45) is 5.92 Å². The minimum atomic E-state index is -5.74. The third kappa shape index (κ3) is 6.25. The van der Waals surface area contributed by atoms with Crippen molar-refractivity contribution >= 4 is 75.5 Å². The molecule has 0 radical (unpaired) electrons. The maximum absolute atomic E-state index is 13.0. The molecule has 35 heavy (non-hydrogen) atoms. The van der Waals surface area contributed by atoms with E-state index in [9.17, 15) is 31.5 Å². The van der Waals surface area contributed by atoms with E-state index in [4.69, 9.17) is 58.0 Å². The second-order valence-electron chi connectivity index (χ2n) is 7.72. The quantitative estimate of drug-likeness (QED) is 0.256. The van der Waals surface area contributed by atoms with E-state index < -0.39 is 53.0 Å². The maximum atomic E-state index is 13.0. The Morgan fingerprint density at radius 2 is 1.54 bits per heavy atom. The van der Waals surface area contributed by atoms with Crippen LogP contribution in [0.15, 0.2) is 36.4 Å². The first-order chi connectivity index (χ1) is 16.0. The van der Waals surface area contributed by atoms with E-state index >= 15 is 0 Å². The Bertz CT molecular complexity index is 1140. The number of hydrogen-bond acceptors (Lipinski definition) is 2. The van der Waals surface area contributed by atoms with Gasteiger partial charge in [-0.05, 0) is 42.0 Å². The Kier molecular flexibility index (Phi) is 8.09. The number of carbonyl (C=O) groups is 2. The molecule has 0 aromatic heterocycles. The maximum Gasteiger partial charge on any atom is 0.453 e. The van der Waals surface area contributed by atoms with Crippen LogP contribution < -0.4 is 10.6 Å². The number of anilines is 1. The van der Waals surface area contributed by atoms with Crippen LogP contribution in [-0.4, -0.2) is 34.8 Å². The van der Waals surface area contributed by atoms with E-state index in [0.717, 1.165) is 6.07 Å². The summed E-state index contributed by atoms with van der Waals surface area (Å²) in [4.78, 5) is 25.1. The van der Waals surface area contributed by atoms with Crippen LogP contribution in [0.3, 0.4) is 0 Å². The predicted octanol–water partition coefficient (Wildman–Crippen LogP) is 7.49. The first-order valence-electron chi connectivity index (χ1n) is 9.71. The van der Waals surface area contributed by atoms with E-state index in [-0.39, 0.29) is 16.3 Å². The molecule has 1 saturated carbocycles. The van der Waals surface area contributed by atoms with Crippen molar-refractivity contribution in [3.05, 3.63) is 62.6 Å². The zero-order valence-electron chi connectivity index (χ0n) is 17.1. The van der Waals surface area contributed by atoms with Crippen molar-refractivity contribution in [1.82, 2.24) is 5.32 Å². The number of benzene rings is 2. The average molecular weight is 599 g/mol. The molecule has 2 N–H and O–H groups in total. The lowest BCUT2D eigenvalue weighted by atomic mass is 10.1. The molecule has 1 aliphatic rings. The van der Waals surface area contributed by atoms with E-state index in [1.54, 1.807) is 12.1 Å². The fourth-order valence-electron chi connectivity index (χ4n) is 3.39. The topological polar surface area (TPSA) is 58.2 Å². The molecular weight excluding hydrogens is 584 g/mol. The standard InChI is InChI=1S/C21H14Cl5F5N2O2/c22-10-5-9(6-11(23)7-10)15-16(20(15,25)26)18(35)33-12-1-2-14(24)13(8-12)17(34)32-4-3-19(27,28)21(29,30)31/h1-2,5-8,15-16H,3-4H2,(H,32,34)(H,33,35). The van der Waals surface area contributed by atoms with Gasteiger partial charge in [0.1, 0.15) is 4.33 Å². The summed E-state index contributed by atoms with van der Waals surface area (Å²) in [7, 11) is 0. The highest BCUT2D eigenvalue weighted by Gasteiger charge is 2.67. The zero-order valence-corrected chi connectivity index (χ0v) is 20.9. The molecular formula is C21H14Cl5F5N2O2. The minimum absolute atomic E-state index is 0.0871. The van der Waals surface area contributed by atoms with E-state index in [1.165, 1.54) is 18.2 Å². The van der Waals surface area contributed by atoms with Gasteiger partial charge in [-0.25, -0.2) is 0 Å². The minimum Gasteiger partial charge on any atom is -0.352 e. The summed E-state index contributed by atoms with van der Waals surface area (Å²) in [6, 6.07) is 8.36. The molecule has 0 saturated heterocycles. The summed E-state index contributed by atoms with van der Waals surface area (Å²) in [5.41, 5.74) is 0.375. The summed E-state index contributed by atoms with van der Waals surface area (Å²) >= 11 is 30.5. The van der Waals surface area contributed by atoms with Gasteiger partial charge in [-0.1, -0.05) is 34.8 Å². The van der Waals surface area contributed by atoms with Crippen molar-refractivity contribution in [1.29, 1.82) is 0 Å². The van der Waals surface area contributed by atoms with Crippen molar-refractivity contribution in [3.63, 3.8) is 0 Å². The van der Waals surface area contributed by atoms with Gasteiger partial charge in [-0.15, -0.1) is 23.2 Å². The summed E-state index contributed by atoms with van der Waals surface area (Å²) in [5, 5.41) is 5.01. The van der Waals surface area contributed by atoms with Gasteiger partial charge in [-0.3, -0.25) is 9.59 Å². The van der Waals surface area contributed by atoms with Gasteiger partial charge in [0, 0.05) is 34.6 Å². The largest absolute Gasteiger partial charge is 0.453 e. The number of alkyl halides is 7. The number of carbonyl (C=O) groups excluding carboxylic acids is 2. The molecule has 14 heteroatoms. The monoisotopic (exact) mass is 596 g/mol.